The van der Waals surface area contributed by atoms with Crippen molar-refractivity contribution < 1.29 is 0 Å². The van der Waals surface area contributed by atoms with Crippen molar-refractivity contribution in [2.75, 3.05) is 0 Å². The molecule has 2 saturated carbocycles. The summed E-state index contributed by atoms with van der Waals surface area (Å²) in [6.07, 6.45) is 37.5. The van der Waals surface area contributed by atoms with Crippen molar-refractivity contribution in [3.8, 4) is 0 Å². The summed E-state index contributed by atoms with van der Waals surface area (Å²) in [4.78, 5) is 0. The minimum atomic E-state index is 0.131. The zero-order chi connectivity index (χ0) is 27.6. The van der Waals surface area contributed by atoms with E-state index in [0.717, 1.165) is 17.8 Å². The smallest absolute Gasteiger partial charge is 0.00109 e. The molecule has 1 unspecified atom stereocenters. The summed E-state index contributed by atoms with van der Waals surface area (Å²) >= 11 is 0. The van der Waals surface area contributed by atoms with Crippen LogP contribution in [0.1, 0.15) is 148 Å². The Morgan fingerprint density at radius 2 is 1.38 bits per heavy atom. The molecule has 2 fully saturated rings. The molecule has 0 amide bonds. The highest BCUT2D eigenvalue weighted by Crippen LogP contribution is 2.41. The zero-order valence-electron chi connectivity index (χ0n) is 26.2. The average molecular weight is 529 g/mol. The molecule has 0 aromatic heterocycles. The van der Waals surface area contributed by atoms with Crippen LogP contribution in [0.3, 0.4) is 0 Å². The van der Waals surface area contributed by atoms with Crippen LogP contribution in [-0.2, 0) is 6.42 Å². The zero-order valence-corrected chi connectivity index (χ0v) is 26.2. The lowest BCUT2D eigenvalue weighted by Crippen LogP contribution is -2.24. The first-order valence-corrected chi connectivity index (χ1v) is 17.0. The van der Waals surface area contributed by atoms with Gasteiger partial charge in [0.15, 0.2) is 0 Å². The van der Waals surface area contributed by atoms with E-state index in [2.05, 4.69) is 82.3 Å². The fourth-order valence-electron chi connectivity index (χ4n) is 7.89. The van der Waals surface area contributed by atoms with Gasteiger partial charge < -0.3 is 0 Å². The maximum Gasteiger partial charge on any atom is 0.00109 e. The molecular formula is C39H60. The van der Waals surface area contributed by atoms with Crippen molar-refractivity contribution in [2.24, 2.45) is 28.6 Å². The van der Waals surface area contributed by atoms with Crippen LogP contribution in [0.5, 0.6) is 0 Å². The van der Waals surface area contributed by atoms with Gasteiger partial charge in [0.1, 0.15) is 0 Å². The molecule has 216 valence electrons. The second-order valence-corrected chi connectivity index (χ2v) is 14.7. The van der Waals surface area contributed by atoms with E-state index in [1.54, 1.807) is 5.56 Å². The topological polar surface area (TPSA) is 0 Å². The first kappa shape index (κ1) is 30.4. The molecule has 39 heavy (non-hydrogen) atoms. The predicted molar refractivity (Wildman–Crippen MR) is 173 cm³/mol. The molecule has 3 aliphatic rings. The third-order valence-corrected chi connectivity index (χ3v) is 10.8. The van der Waals surface area contributed by atoms with Crippen molar-refractivity contribution in [3.05, 3.63) is 65.8 Å². The summed E-state index contributed by atoms with van der Waals surface area (Å²) in [5.74, 6) is 2.60. The average Bonchev–Trinajstić information content (AvgIpc) is 3.26. The van der Waals surface area contributed by atoms with E-state index >= 15 is 0 Å². The van der Waals surface area contributed by atoms with Gasteiger partial charge in [-0.2, -0.15) is 0 Å². The third-order valence-electron chi connectivity index (χ3n) is 10.8. The number of benzene rings is 1. The maximum atomic E-state index is 2.63. The molecule has 0 N–H and O–H groups in total. The summed E-state index contributed by atoms with van der Waals surface area (Å²) in [5.41, 5.74) is 4.94. The SMILES string of the molecule is CC(C1CCCCCC1)[C@@H](CCCC1(C)CCCCCCCC1)Cc1ccc(C2=CC=CC(C)(C)C=C2)cc1. The number of hydrogen-bond donors (Lipinski definition) is 0. The minimum absolute atomic E-state index is 0.131. The van der Waals surface area contributed by atoms with E-state index in [1.165, 1.54) is 127 Å². The molecule has 1 aromatic carbocycles. The Labute approximate surface area is 242 Å². The summed E-state index contributed by atoms with van der Waals surface area (Å²) in [6, 6.07) is 9.64. The van der Waals surface area contributed by atoms with E-state index in [4.69, 9.17) is 0 Å². The third kappa shape index (κ3) is 9.79. The molecule has 0 spiro atoms. The van der Waals surface area contributed by atoms with Crippen molar-refractivity contribution in [1.82, 2.24) is 0 Å². The van der Waals surface area contributed by atoms with Crippen LogP contribution in [0.15, 0.2) is 54.6 Å². The van der Waals surface area contributed by atoms with Crippen molar-refractivity contribution in [2.45, 2.75) is 143 Å². The van der Waals surface area contributed by atoms with E-state index in [-0.39, 0.29) is 5.41 Å². The lowest BCUT2D eigenvalue weighted by atomic mass is 9.72. The van der Waals surface area contributed by atoms with Crippen LogP contribution in [-0.4, -0.2) is 0 Å². The van der Waals surface area contributed by atoms with Crippen molar-refractivity contribution in [1.29, 1.82) is 0 Å². The van der Waals surface area contributed by atoms with Gasteiger partial charge in [-0.25, -0.2) is 0 Å². The molecule has 0 saturated heterocycles. The number of allylic oxidation sites excluding steroid dienone is 6. The molecule has 0 bridgehead atoms. The van der Waals surface area contributed by atoms with Crippen LogP contribution in [0, 0.1) is 28.6 Å². The molecule has 0 heterocycles. The molecule has 0 nitrogen and oxygen atoms in total. The normalized spacial score (nSPS) is 23.9. The van der Waals surface area contributed by atoms with Crippen LogP contribution in [0.2, 0.25) is 0 Å². The standard InChI is InChI=1S/C39H60/c1-32(34-17-11-7-8-12-18-34)37(20-16-29-39(4)27-13-9-5-6-10-14-28-39)31-33-21-23-36(24-22-33)35-19-15-26-38(2,3)30-25-35/h15,19,21-26,30,32,34,37H,5-14,16-18,20,27-29,31H2,1-4H3/t32?,37-/m0/s1. The van der Waals surface area contributed by atoms with Gasteiger partial charge in [-0.1, -0.05) is 166 Å². The Kier molecular flexibility index (Phi) is 11.6. The van der Waals surface area contributed by atoms with Crippen molar-refractivity contribution in [3.63, 3.8) is 0 Å². The van der Waals surface area contributed by atoms with Gasteiger partial charge in [0.05, 0.1) is 0 Å². The fourth-order valence-corrected chi connectivity index (χ4v) is 7.89. The minimum Gasteiger partial charge on any atom is -0.0751 e. The second-order valence-electron chi connectivity index (χ2n) is 14.7. The first-order chi connectivity index (χ1) is 18.8. The Morgan fingerprint density at radius 3 is 2.05 bits per heavy atom. The highest BCUT2D eigenvalue weighted by Gasteiger charge is 2.29. The van der Waals surface area contributed by atoms with Crippen molar-refractivity contribution >= 4 is 5.57 Å². The number of hydrogen-bond acceptors (Lipinski definition) is 0. The van der Waals surface area contributed by atoms with Crippen LogP contribution in [0.25, 0.3) is 5.57 Å². The Morgan fingerprint density at radius 1 is 0.769 bits per heavy atom. The van der Waals surface area contributed by atoms with Gasteiger partial charge in [-0.3, -0.25) is 0 Å². The molecule has 0 heteroatoms. The molecule has 0 aliphatic heterocycles. The Bertz CT molecular complexity index is 921. The quantitative estimate of drug-likeness (QED) is 0.280. The van der Waals surface area contributed by atoms with Gasteiger partial charge in [0.25, 0.3) is 0 Å². The van der Waals surface area contributed by atoms with Gasteiger partial charge >= 0.3 is 0 Å². The van der Waals surface area contributed by atoms with E-state index < -0.39 is 0 Å². The summed E-state index contributed by atoms with van der Waals surface area (Å²) < 4.78 is 0. The van der Waals surface area contributed by atoms with Gasteiger partial charge in [0.2, 0.25) is 0 Å². The first-order valence-electron chi connectivity index (χ1n) is 17.0. The molecule has 1 aromatic rings. The number of rotatable bonds is 9. The lowest BCUT2D eigenvalue weighted by molar-refractivity contribution is 0.185. The van der Waals surface area contributed by atoms with E-state index in [9.17, 15) is 0 Å². The monoisotopic (exact) mass is 528 g/mol. The lowest BCUT2D eigenvalue weighted by Gasteiger charge is -2.34. The molecule has 3 aliphatic carbocycles. The summed E-state index contributed by atoms with van der Waals surface area (Å²) in [6.45, 7) is 9.81. The van der Waals surface area contributed by atoms with Gasteiger partial charge in [-0.15, -0.1) is 0 Å². The molecular weight excluding hydrogens is 468 g/mol. The van der Waals surface area contributed by atoms with Gasteiger partial charge in [-0.05, 0) is 72.0 Å². The fraction of sp³-hybridized carbons (Fsp3) is 0.692. The van der Waals surface area contributed by atoms with E-state index in [1.807, 2.05) is 0 Å². The van der Waals surface area contributed by atoms with Gasteiger partial charge in [0, 0.05) is 5.41 Å². The molecule has 4 rings (SSSR count). The Hall–Kier alpha value is -1.56. The van der Waals surface area contributed by atoms with Crippen LogP contribution in [0.4, 0.5) is 0 Å². The Balaban J connectivity index is 1.42. The highest BCUT2D eigenvalue weighted by molar-refractivity contribution is 5.76. The van der Waals surface area contributed by atoms with E-state index in [0.29, 0.717) is 5.41 Å². The predicted octanol–water partition coefficient (Wildman–Crippen LogP) is 12.3. The molecule has 0 radical (unpaired) electrons. The summed E-state index contributed by atoms with van der Waals surface area (Å²) in [7, 11) is 0. The maximum absolute atomic E-state index is 2.63. The second kappa shape index (κ2) is 14.9. The largest absolute Gasteiger partial charge is 0.0751 e. The highest BCUT2D eigenvalue weighted by atomic mass is 14.3. The molecule has 2 atom stereocenters. The van der Waals surface area contributed by atoms with Crippen LogP contribution < -0.4 is 0 Å². The van der Waals surface area contributed by atoms with Crippen LogP contribution >= 0.6 is 0 Å². The summed E-state index contributed by atoms with van der Waals surface area (Å²) in [5, 5.41) is 0.